The molecule has 18 heavy (non-hydrogen) atoms. The highest BCUT2D eigenvalue weighted by Gasteiger charge is 2.03. The number of hydrogen-bond acceptors (Lipinski definition) is 1. The molecule has 0 radical (unpaired) electrons. The van der Waals surface area contributed by atoms with Crippen LogP contribution >= 0.6 is 0 Å². The molecule has 0 fully saturated rings. The van der Waals surface area contributed by atoms with E-state index in [1.165, 1.54) is 11.1 Å². The fraction of sp³-hybridized carbons (Fsp3) is 0.533. The minimum absolute atomic E-state index is 0.183. The Labute approximate surface area is 111 Å². The monoisotopic (exact) mass is 250 g/mol. The van der Waals surface area contributed by atoms with Gasteiger partial charge in [-0.3, -0.25) is 4.90 Å². The first-order valence-corrected chi connectivity index (χ1v) is 6.70. The van der Waals surface area contributed by atoms with Crippen molar-refractivity contribution in [3.8, 4) is 0 Å². The maximum atomic E-state index is 11.7. The number of unbranched alkanes of at least 4 members (excludes halogenated alkanes) is 2. The van der Waals surface area contributed by atoms with Crippen LogP contribution < -0.4 is 5.32 Å². The van der Waals surface area contributed by atoms with Crippen LogP contribution in [-0.2, 0) is 0 Å². The lowest BCUT2D eigenvalue weighted by molar-refractivity contribution is 0.230. The first-order valence-electron chi connectivity index (χ1n) is 6.70. The van der Waals surface area contributed by atoms with Gasteiger partial charge in [-0.15, -0.1) is 0 Å². The predicted octanol–water partition coefficient (Wildman–Crippen LogP) is 4.41. The van der Waals surface area contributed by atoms with Gasteiger partial charge in [0.05, 0.1) is 0 Å². The van der Waals surface area contributed by atoms with E-state index in [-0.39, 0.29) is 6.03 Å². The third-order valence-corrected chi connectivity index (χ3v) is 2.70. The standard InChI is InChI=1S/C15H26N2O/c1-5-8-9-10-13-17(7-3)15(18)16-12-11-14(4)6-2/h7,10-14H,3,5-6,8-9H2,1-2,4H3,(H,16,18)/b12-11-,13-10-. The number of nitrogens with one attached hydrogen (secondary N) is 1. The fourth-order valence-electron chi connectivity index (χ4n) is 1.22. The number of rotatable bonds is 8. The highest BCUT2D eigenvalue weighted by Crippen LogP contribution is 2.01. The average molecular weight is 250 g/mol. The molecule has 2 amide bonds. The highest BCUT2D eigenvalue weighted by atomic mass is 16.2. The Hall–Kier alpha value is -1.51. The molecule has 0 aliphatic rings. The molecule has 0 spiro atoms. The lowest BCUT2D eigenvalue weighted by atomic mass is 10.1. The summed E-state index contributed by atoms with van der Waals surface area (Å²) in [5.74, 6) is 0.475. The number of nitrogens with zero attached hydrogens (tertiary/aromatic N) is 1. The number of urea groups is 1. The Morgan fingerprint density at radius 3 is 2.72 bits per heavy atom. The molecule has 1 unspecified atom stereocenters. The van der Waals surface area contributed by atoms with Crippen LogP contribution in [0.3, 0.4) is 0 Å². The summed E-state index contributed by atoms with van der Waals surface area (Å²) in [7, 11) is 0. The second-order valence-corrected chi connectivity index (χ2v) is 4.31. The van der Waals surface area contributed by atoms with Crippen LogP contribution in [0.1, 0.15) is 46.5 Å². The summed E-state index contributed by atoms with van der Waals surface area (Å²) in [6, 6.07) is -0.183. The van der Waals surface area contributed by atoms with Crippen LogP contribution in [0.25, 0.3) is 0 Å². The van der Waals surface area contributed by atoms with E-state index in [0.29, 0.717) is 5.92 Å². The van der Waals surface area contributed by atoms with Crippen LogP contribution in [0.2, 0.25) is 0 Å². The molecule has 0 heterocycles. The van der Waals surface area contributed by atoms with Gasteiger partial charge in [0, 0.05) is 18.6 Å². The molecule has 0 bridgehead atoms. The van der Waals surface area contributed by atoms with Crippen molar-refractivity contribution in [2.45, 2.75) is 46.5 Å². The van der Waals surface area contributed by atoms with Gasteiger partial charge >= 0.3 is 6.03 Å². The molecule has 102 valence electrons. The van der Waals surface area contributed by atoms with Crippen molar-refractivity contribution in [2.75, 3.05) is 0 Å². The van der Waals surface area contributed by atoms with Gasteiger partial charge in [-0.25, -0.2) is 4.79 Å². The molecule has 0 aromatic carbocycles. The first kappa shape index (κ1) is 16.5. The highest BCUT2D eigenvalue weighted by molar-refractivity contribution is 5.77. The van der Waals surface area contributed by atoms with Crippen molar-refractivity contribution in [1.82, 2.24) is 10.2 Å². The van der Waals surface area contributed by atoms with Gasteiger partial charge in [0.15, 0.2) is 0 Å². The summed E-state index contributed by atoms with van der Waals surface area (Å²) in [6.45, 7) is 10.00. The zero-order valence-electron chi connectivity index (χ0n) is 11.9. The number of amides is 2. The normalized spacial score (nSPS) is 12.8. The average Bonchev–Trinajstić information content (AvgIpc) is 2.38. The summed E-state index contributed by atoms with van der Waals surface area (Å²) in [5, 5.41) is 2.72. The molecule has 0 aliphatic heterocycles. The van der Waals surface area contributed by atoms with E-state index in [4.69, 9.17) is 0 Å². The Bertz CT molecular complexity index is 295. The molecule has 3 heteroatoms. The first-order chi connectivity index (χ1) is 8.65. The van der Waals surface area contributed by atoms with Crippen molar-refractivity contribution in [1.29, 1.82) is 0 Å². The summed E-state index contributed by atoms with van der Waals surface area (Å²) >= 11 is 0. The van der Waals surface area contributed by atoms with E-state index in [9.17, 15) is 4.79 Å². The van der Waals surface area contributed by atoms with Gasteiger partial charge in [0.1, 0.15) is 0 Å². The number of carbonyl (C=O) groups is 1. The molecule has 1 N–H and O–H groups in total. The van der Waals surface area contributed by atoms with Gasteiger partial charge in [-0.05, 0) is 12.3 Å². The van der Waals surface area contributed by atoms with E-state index in [2.05, 4.69) is 32.7 Å². The molecule has 0 rings (SSSR count). The molecule has 0 saturated heterocycles. The zero-order chi connectivity index (χ0) is 13.8. The van der Waals surface area contributed by atoms with Crippen LogP contribution in [-0.4, -0.2) is 10.9 Å². The zero-order valence-corrected chi connectivity index (χ0v) is 11.9. The van der Waals surface area contributed by atoms with Gasteiger partial charge in [-0.2, -0.15) is 0 Å². The largest absolute Gasteiger partial charge is 0.329 e. The minimum atomic E-state index is -0.183. The van der Waals surface area contributed by atoms with Gasteiger partial charge < -0.3 is 5.32 Å². The van der Waals surface area contributed by atoms with E-state index in [1.54, 1.807) is 12.4 Å². The van der Waals surface area contributed by atoms with Crippen molar-refractivity contribution in [3.05, 3.63) is 37.3 Å². The van der Waals surface area contributed by atoms with Crippen LogP contribution in [0, 0.1) is 5.92 Å². The Morgan fingerprint density at radius 1 is 1.44 bits per heavy atom. The molecule has 0 aromatic heterocycles. The van der Waals surface area contributed by atoms with Gasteiger partial charge in [-0.1, -0.05) is 58.8 Å². The number of hydrogen-bond donors (Lipinski definition) is 1. The lowest BCUT2D eigenvalue weighted by Gasteiger charge is -2.12. The third kappa shape index (κ3) is 7.71. The van der Waals surface area contributed by atoms with Crippen LogP contribution in [0.4, 0.5) is 4.79 Å². The molecular formula is C15H26N2O. The maximum absolute atomic E-state index is 11.7. The smallest absolute Gasteiger partial charge is 0.314 e. The van der Waals surface area contributed by atoms with Gasteiger partial charge in [0.25, 0.3) is 0 Å². The Balaban J connectivity index is 4.14. The minimum Gasteiger partial charge on any atom is -0.314 e. The van der Waals surface area contributed by atoms with Crippen molar-refractivity contribution < 1.29 is 4.79 Å². The topological polar surface area (TPSA) is 32.3 Å². The maximum Gasteiger partial charge on any atom is 0.329 e. The summed E-state index contributed by atoms with van der Waals surface area (Å²) < 4.78 is 0. The van der Waals surface area contributed by atoms with E-state index >= 15 is 0 Å². The Kier molecular flexibility index (Phi) is 9.74. The van der Waals surface area contributed by atoms with Gasteiger partial charge in [0.2, 0.25) is 0 Å². The summed E-state index contributed by atoms with van der Waals surface area (Å²) in [4.78, 5) is 13.2. The molecule has 0 saturated carbocycles. The van der Waals surface area contributed by atoms with Crippen LogP contribution in [0.5, 0.6) is 0 Å². The predicted molar refractivity (Wildman–Crippen MR) is 77.8 cm³/mol. The second-order valence-electron chi connectivity index (χ2n) is 4.31. The molecule has 0 aromatic rings. The Morgan fingerprint density at radius 2 is 2.17 bits per heavy atom. The third-order valence-electron chi connectivity index (χ3n) is 2.70. The summed E-state index contributed by atoms with van der Waals surface area (Å²) in [6.07, 6.45) is 13.3. The van der Waals surface area contributed by atoms with Crippen molar-refractivity contribution >= 4 is 6.03 Å². The molecule has 1 atom stereocenters. The SMILES string of the molecule is C=CN(/C=C\CCCC)C(=O)N/C=C\C(C)CC. The van der Waals surface area contributed by atoms with E-state index in [1.807, 2.05) is 12.2 Å². The van der Waals surface area contributed by atoms with Crippen LogP contribution in [0.15, 0.2) is 37.3 Å². The van der Waals surface area contributed by atoms with Crippen molar-refractivity contribution in [3.63, 3.8) is 0 Å². The number of allylic oxidation sites excluding steroid dienone is 2. The van der Waals surface area contributed by atoms with Crippen molar-refractivity contribution in [2.24, 2.45) is 5.92 Å². The number of carbonyl (C=O) groups excluding carboxylic acids is 1. The molecular weight excluding hydrogens is 224 g/mol. The fourth-order valence-corrected chi connectivity index (χ4v) is 1.22. The van der Waals surface area contributed by atoms with E-state index in [0.717, 1.165) is 25.7 Å². The molecule has 0 aliphatic carbocycles. The lowest BCUT2D eigenvalue weighted by Crippen LogP contribution is -2.29. The van der Waals surface area contributed by atoms with E-state index < -0.39 is 0 Å². The molecule has 3 nitrogen and oxygen atoms in total. The quantitative estimate of drug-likeness (QED) is 0.636. The summed E-state index contributed by atoms with van der Waals surface area (Å²) in [5.41, 5.74) is 0. The second kappa shape index (κ2) is 10.6.